The Morgan fingerprint density at radius 3 is 2.86 bits per heavy atom. The van der Waals surface area contributed by atoms with Crippen molar-refractivity contribution in [3.05, 3.63) is 53.5 Å². The number of rotatable bonds is 9. The maximum Gasteiger partial charge on any atom is 0.122 e. The molecule has 0 saturated carbocycles. The summed E-state index contributed by atoms with van der Waals surface area (Å²) in [6.45, 7) is 4.14. The molecule has 0 saturated heterocycles. The van der Waals surface area contributed by atoms with E-state index in [9.17, 15) is 0 Å². The fourth-order valence-electron chi connectivity index (χ4n) is 2.12. The summed E-state index contributed by atoms with van der Waals surface area (Å²) < 4.78 is 10.8. The predicted octanol–water partition coefficient (Wildman–Crippen LogP) is 4.22. The number of hydrogen-bond acceptors (Lipinski definition) is 4. The minimum atomic E-state index is 0.883. The van der Waals surface area contributed by atoms with Crippen molar-refractivity contribution in [1.82, 2.24) is 5.32 Å². The van der Waals surface area contributed by atoms with E-state index in [-0.39, 0.29) is 0 Å². The first-order chi connectivity index (χ1) is 10.3. The zero-order valence-electron chi connectivity index (χ0n) is 12.7. The van der Waals surface area contributed by atoms with E-state index >= 15 is 0 Å². The highest BCUT2D eigenvalue weighted by molar-refractivity contribution is 7.97. The third-order valence-corrected chi connectivity index (χ3v) is 4.19. The van der Waals surface area contributed by atoms with Crippen LogP contribution in [0.5, 0.6) is 5.75 Å². The van der Waals surface area contributed by atoms with Gasteiger partial charge in [0.1, 0.15) is 11.5 Å². The minimum absolute atomic E-state index is 0.883. The van der Waals surface area contributed by atoms with E-state index in [0.717, 1.165) is 42.5 Å². The molecule has 0 atom stereocenters. The van der Waals surface area contributed by atoms with Gasteiger partial charge in [0.15, 0.2) is 0 Å². The van der Waals surface area contributed by atoms with Crippen molar-refractivity contribution >= 4 is 11.8 Å². The number of methoxy groups -OCH3 is 1. The molecule has 0 unspecified atom stereocenters. The first-order valence-electron chi connectivity index (χ1n) is 7.30. The van der Waals surface area contributed by atoms with Crippen molar-refractivity contribution in [3.8, 4) is 5.75 Å². The second-order valence-electron chi connectivity index (χ2n) is 4.90. The number of hydrogen-bond donors (Lipinski definition) is 1. The first-order valence-corrected chi connectivity index (χ1v) is 8.45. The van der Waals surface area contributed by atoms with Crippen LogP contribution in [0.4, 0.5) is 0 Å². The van der Waals surface area contributed by atoms with E-state index < -0.39 is 0 Å². The lowest BCUT2D eigenvalue weighted by atomic mass is 10.1. The molecule has 114 valence electrons. The predicted molar refractivity (Wildman–Crippen MR) is 88.7 cm³/mol. The van der Waals surface area contributed by atoms with Gasteiger partial charge in [0, 0.05) is 17.9 Å². The normalized spacial score (nSPS) is 10.8. The fourth-order valence-corrected chi connectivity index (χ4v) is 3.03. The molecule has 1 heterocycles. The summed E-state index contributed by atoms with van der Waals surface area (Å²) in [6, 6.07) is 10.4. The van der Waals surface area contributed by atoms with Gasteiger partial charge in [0.25, 0.3) is 0 Å². The number of ether oxygens (including phenoxy) is 1. The molecule has 0 radical (unpaired) electrons. The molecule has 0 spiro atoms. The quantitative estimate of drug-likeness (QED) is 0.703. The van der Waals surface area contributed by atoms with Gasteiger partial charge in [-0.25, -0.2) is 0 Å². The van der Waals surface area contributed by atoms with Crippen LogP contribution in [0.15, 0.2) is 41.0 Å². The van der Waals surface area contributed by atoms with Gasteiger partial charge in [-0.2, -0.15) is 0 Å². The summed E-state index contributed by atoms with van der Waals surface area (Å²) in [5.74, 6) is 3.78. The molecule has 2 rings (SSSR count). The largest absolute Gasteiger partial charge is 0.496 e. The fraction of sp³-hybridized carbons (Fsp3) is 0.412. The average molecular weight is 305 g/mol. The lowest BCUT2D eigenvalue weighted by Crippen LogP contribution is -2.13. The smallest absolute Gasteiger partial charge is 0.122 e. The van der Waals surface area contributed by atoms with Crippen molar-refractivity contribution in [3.63, 3.8) is 0 Å². The van der Waals surface area contributed by atoms with Crippen molar-refractivity contribution in [2.75, 3.05) is 13.7 Å². The van der Waals surface area contributed by atoms with Gasteiger partial charge in [0.05, 0.1) is 19.1 Å². The van der Waals surface area contributed by atoms with Crippen LogP contribution in [-0.4, -0.2) is 13.7 Å². The van der Waals surface area contributed by atoms with Crippen LogP contribution in [0, 0.1) is 0 Å². The third-order valence-electron chi connectivity index (χ3n) is 3.18. The SMILES string of the molecule is CCCNCc1ccc(OC)c(CSCc2ccco2)c1. The number of nitrogens with one attached hydrogen (secondary N) is 1. The van der Waals surface area contributed by atoms with Gasteiger partial charge in [0.2, 0.25) is 0 Å². The average Bonchev–Trinajstić information content (AvgIpc) is 3.01. The lowest BCUT2D eigenvalue weighted by molar-refractivity contribution is 0.411. The lowest BCUT2D eigenvalue weighted by Gasteiger charge is -2.11. The molecule has 0 fully saturated rings. The second kappa shape index (κ2) is 8.80. The van der Waals surface area contributed by atoms with E-state index in [1.807, 2.05) is 23.9 Å². The summed E-state index contributed by atoms with van der Waals surface area (Å²) in [6.07, 6.45) is 2.87. The van der Waals surface area contributed by atoms with Gasteiger partial charge in [-0.05, 0) is 42.8 Å². The summed E-state index contributed by atoms with van der Waals surface area (Å²) in [5.41, 5.74) is 2.54. The van der Waals surface area contributed by atoms with E-state index in [2.05, 4.69) is 30.4 Å². The summed E-state index contributed by atoms with van der Waals surface area (Å²) in [4.78, 5) is 0. The summed E-state index contributed by atoms with van der Waals surface area (Å²) >= 11 is 1.84. The molecule has 1 N–H and O–H groups in total. The molecule has 1 aromatic carbocycles. The second-order valence-corrected chi connectivity index (χ2v) is 5.88. The van der Waals surface area contributed by atoms with E-state index in [1.54, 1.807) is 13.4 Å². The Morgan fingerprint density at radius 2 is 2.14 bits per heavy atom. The maximum atomic E-state index is 5.46. The molecule has 1 aromatic heterocycles. The van der Waals surface area contributed by atoms with Crippen LogP contribution < -0.4 is 10.1 Å². The van der Waals surface area contributed by atoms with Gasteiger partial charge in [-0.1, -0.05) is 13.0 Å². The third kappa shape index (κ3) is 5.14. The van der Waals surface area contributed by atoms with Gasteiger partial charge in [-0.3, -0.25) is 0 Å². The van der Waals surface area contributed by atoms with Crippen LogP contribution in [-0.2, 0) is 18.1 Å². The first kappa shape index (κ1) is 16.0. The highest BCUT2D eigenvalue weighted by Gasteiger charge is 2.06. The molecular weight excluding hydrogens is 282 g/mol. The van der Waals surface area contributed by atoms with Crippen molar-refractivity contribution in [2.24, 2.45) is 0 Å². The van der Waals surface area contributed by atoms with Gasteiger partial charge in [-0.15, -0.1) is 11.8 Å². The Labute approximate surface area is 131 Å². The maximum absolute atomic E-state index is 5.46. The Morgan fingerprint density at radius 1 is 1.24 bits per heavy atom. The van der Waals surface area contributed by atoms with E-state index in [0.29, 0.717) is 0 Å². The molecule has 0 bridgehead atoms. The molecule has 0 aliphatic rings. The van der Waals surface area contributed by atoms with Crippen molar-refractivity contribution in [1.29, 1.82) is 0 Å². The summed E-state index contributed by atoms with van der Waals surface area (Å²) in [5, 5.41) is 3.43. The number of furan rings is 1. The van der Waals surface area contributed by atoms with E-state index in [1.165, 1.54) is 11.1 Å². The monoisotopic (exact) mass is 305 g/mol. The molecule has 0 aliphatic carbocycles. The molecule has 4 heteroatoms. The molecule has 3 nitrogen and oxygen atoms in total. The number of benzene rings is 1. The molecule has 0 amide bonds. The number of thioether (sulfide) groups is 1. The topological polar surface area (TPSA) is 34.4 Å². The zero-order valence-corrected chi connectivity index (χ0v) is 13.5. The van der Waals surface area contributed by atoms with Gasteiger partial charge >= 0.3 is 0 Å². The molecule has 2 aromatic rings. The van der Waals surface area contributed by atoms with Crippen LogP contribution >= 0.6 is 11.8 Å². The van der Waals surface area contributed by atoms with Crippen LogP contribution in [0.2, 0.25) is 0 Å². The Kier molecular flexibility index (Phi) is 6.70. The van der Waals surface area contributed by atoms with E-state index in [4.69, 9.17) is 9.15 Å². The Hall–Kier alpha value is -1.39. The van der Waals surface area contributed by atoms with Crippen LogP contribution in [0.25, 0.3) is 0 Å². The molecular formula is C17H23NO2S. The Balaban J connectivity index is 1.93. The van der Waals surface area contributed by atoms with Crippen molar-refractivity contribution in [2.45, 2.75) is 31.4 Å². The van der Waals surface area contributed by atoms with Crippen LogP contribution in [0.3, 0.4) is 0 Å². The zero-order chi connectivity index (χ0) is 14.9. The van der Waals surface area contributed by atoms with Gasteiger partial charge < -0.3 is 14.5 Å². The van der Waals surface area contributed by atoms with Crippen LogP contribution in [0.1, 0.15) is 30.2 Å². The standard InChI is InChI=1S/C17H23NO2S/c1-3-8-18-11-14-6-7-17(19-2)15(10-14)12-21-13-16-5-4-9-20-16/h4-7,9-10,18H,3,8,11-13H2,1-2H3. The minimum Gasteiger partial charge on any atom is -0.496 e. The van der Waals surface area contributed by atoms with Crippen molar-refractivity contribution < 1.29 is 9.15 Å². The Bertz CT molecular complexity index is 526. The highest BCUT2D eigenvalue weighted by Crippen LogP contribution is 2.26. The molecule has 21 heavy (non-hydrogen) atoms. The molecule has 0 aliphatic heterocycles. The highest BCUT2D eigenvalue weighted by atomic mass is 32.2. The summed E-state index contributed by atoms with van der Waals surface area (Å²) in [7, 11) is 1.73.